The predicted molar refractivity (Wildman–Crippen MR) is 41.2 cm³/mol. The van der Waals surface area contributed by atoms with Gasteiger partial charge >= 0.3 is 5.97 Å². The highest BCUT2D eigenvalue weighted by atomic mass is 16.4. The van der Waals surface area contributed by atoms with Crippen molar-refractivity contribution in [2.24, 2.45) is 5.92 Å². The number of allylic oxidation sites excluding steroid dienone is 1. The zero-order valence-corrected chi connectivity index (χ0v) is 6.70. The molecule has 0 saturated carbocycles. The average molecular weight is 156 g/mol. The van der Waals surface area contributed by atoms with Crippen LogP contribution in [0.3, 0.4) is 0 Å². The lowest BCUT2D eigenvalue weighted by Gasteiger charge is -1.97. The van der Waals surface area contributed by atoms with Crippen LogP contribution in [0.2, 0.25) is 0 Å². The first-order valence-corrected chi connectivity index (χ1v) is 3.43. The van der Waals surface area contributed by atoms with E-state index in [9.17, 15) is 9.59 Å². The fourth-order valence-electron chi connectivity index (χ4n) is 0.506. The predicted octanol–water partition coefficient (Wildman–Crippen LogP) is 1.24. The molecule has 0 radical (unpaired) electrons. The van der Waals surface area contributed by atoms with Gasteiger partial charge in [-0.2, -0.15) is 0 Å². The highest BCUT2D eigenvalue weighted by Gasteiger charge is 2.00. The van der Waals surface area contributed by atoms with Gasteiger partial charge in [0.25, 0.3) is 0 Å². The lowest BCUT2D eigenvalue weighted by atomic mass is 10.1. The highest BCUT2D eigenvalue weighted by molar-refractivity contribution is 5.85. The second-order valence-corrected chi connectivity index (χ2v) is 2.54. The Morgan fingerprint density at radius 3 is 2.55 bits per heavy atom. The van der Waals surface area contributed by atoms with Crippen LogP contribution in [0.15, 0.2) is 11.6 Å². The molecule has 0 bridgehead atoms. The van der Waals surface area contributed by atoms with Gasteiger partial charge in [-0.15, -0.1) is 0 Å². The SMILES string of the molecule is CC(=CCC(C)C=O)C(=O)O. The van der Waals surface area contributed by atoms with Gasteiger partial charge in [-0.05, 0) is 13.3 Å². The molecule has 1 atom stereocenters. The molecule has 1 unspecified atom stereocenters. The molecular formula is C8H12O3. The van der Waals surface area contributed by atoms with Crippen LogP contribution in [-0.4, -0.2) is 17.4 Å². The van der Waals surface area contributed by atoms with Crippen molar-refractivity contribution in [2.45, 2.75) is 20.3 Å². The van der Waals surface area contributed by atoms with Crippen molar-refractivity contribution < 1.29 is 14.7 Å². The van der Waals surface area contributed by atoms with E-state index in [1.807, 2.05) is 0 Å². The van der Waals surface area contributed by atoms with Gasteiger partial charge in [-0.1, -0.05) is 13.0 Å². The van der Waals surface area contributed by atoms with Crippen LogP contribution in [0.4, 0.5) is 0 Å². The fraction of sp³-hybridized carbons (Fsp3) is 0.500. The molecule has 11 heavy (non-hydrogen) atoms. The highest BCUT2D eigenvalue weighted by Crippen LogP contribution is 2.02. The Morgan fingerprint density at radius 1 is 1.64 bits per heavy atom. The number of hydrogen-bond donors (Lipinski definition) is 1. The van der Waals surface area contributed by atoms with E-state index in [0.717, 1.165) is 6.29 Å². The number of hydrogen-bond acceptors (Lipinski definition) is 2. The van der Waals surface area contributed by atoms with E-state index >= 15 is 0 Å². The summed E-state index contributed by atoms with van der Waals surface area (Å²) in [7, 11) is 0. The van der Waals surface area contributed by atoms with Gasteiger partial charge in [-0.3, -0.25) is 0 Å². The van der Waals surface area contributed by atoms with Crippen molar-refractivity contribution in [2.75, 3.05) is 0 Å². The Labute approximate surface area is 65.7 Å². The molecule has 0 saturated heterocycles. The molecular weight excluding hydrogens is 144 g/mol. The molecule has 0 aromatic heterocycles. The molecule has 0 fully saturated rings. The summed E-state index contributed by atoms with van der Waals surface area (Å²) in [5.74, 6) is -1.02. The quantitative estimate of drug-likeness (QED) is 0.492. The minimum Gasteiger partial charge on any atom is -0.478 e. The third kappa shape index (κ3) is 4.31. The van der Waals surface area contributed by atoms with Gasteiger partial charge in [0, 0.05) is 11.5 Å². The van der Waals surface area contributed by atoms with Crippen LogP contribution < -0.4 is 0 Å². The fourth-order valence-corrected chi connectivity index (χ4v) is 0.506. The summed E-state index contributed by atoms with van der Waals surface area (Å²) in [6.07, 6.45) is 2.87. The standard InChI is InChI=1S/C8H12O3/c1-6(5-9)3-4-7(2)8(10)11/h4-6H,3H2,1-2H3,(H,10,11). The first-order chi connectivity index (χ1) is 5.07. The normalized spacial score (nSPS) is 14.2. The van der Waals surface area contributed by atoms with E-state index in [4.69, 9.17) is 5.11 Å². The van der Waals surface area contributed by atoms with Crippen molar-refractivity contribution in [1.29, 1.82) is 0 Å². The second-order valence-electron chi connectivity index (χ2n) is 2.54. The van der Waals surface area contributed by atoms with Gasteiger partial charge in [0.1, 0.15) is 6.29 Å². The summed E-state index contributed by atoms with van der Waals surface area (Å²) in [6, 6.07) is 0. The van der Waals surface area contributed by atoms with E-state index in [1.165, 1.54) is 6.92 Å². The molecule has 0 rings (SSSR count). The first kappa shape index (κ1) is 9.88. The molecule has 62 valence electrons. The van der Waals surface area contributed by atoms with Crippen LogP contribution >= 0.6 is 0 Å². The zero-order chi connectivity index (χ0) is 8.85. The van der Waals surface area contributed by atoms with Crippen molar-refractivity contribution in [3.63, 3.8) is 0 Å². The Hall–Kier alpha value is -1.12. The number of carbonyl (C=O) groups is 2. The third-order valence-electron chi connectivity index (χ3n) is 1.37. The van der Waals surface area contributed by atoms with E-state index in [2.05, 4.69) is 0 Å². The zero-order valence-electron chi connectivity index (χ0n) is 6.70. The van der Waals surface area contributed by atoms with E-state index in [1.54, 1.807) is 13.0 Å². The lowest BCUT2D eigenvalue weighted by Crippen LogP contribution is -1.98. The molecule has 0 heterocycles. The molecule has 0 aliphatic carbocycles. The van der Waals surface area contributed by atoms with Crippen LogP contribution in [0, 0.1) is 5.92 Å². The smallest absolute Gasteiger partial charge is 0.330 e. The molecule has 0 aliphatic rings. The topological polar surface area (TPSA) is 54.4 Å². The van der Waals surface area contributed by atoms with E-state index in [0.29, 0.717) is 12.0 Å². The second kappa shape index (κ2) is 4.66. The monoisotopic (exact) mass is 156 g/mol. The first-order valence-electron chi connectivity index (χ1n) is 3.43. The average Bonchev–Trinajstić information content (AvgIpc) is 1.99. The number of carboxylic acids is 1. The maximum absolute atomic E-state index is 10.2. The van der Waals surface area contributed by atoms with Crippen LogP contribution in [0.1, 0.15) is 20.3 Å². The molecule has 3 nitrogen and oxygen atoms in total. The van der Waals surface area contributed by atoms with Crippen molar-refractivity contribution in [3.05, 3.63) is 11.6 Å². The van der Waals surface area contributed by atoms with E-state index < -0.39 is 5.97 Å². The van der Waals surface area contributed by atoms with Gasteiger partial charge in [0.2, 0.25) is 0 Å². The summed E-state index contributed by atoms with van der Waals surface area (Å²) >= 11 is 0. The molecule has 0 aromatic rings. The number of rotatable bonds is 4. The minimum absolute atomic E-state index is 0.0932. The summed E-state index contributed by atoms with van der Waals surface area (Å²) < 4.78 is 0. The Balaban J connectivity index is 3.91. The lowest BCUT2D eigenvalue weighted by molar-refractivity contribution is -0.132. The number of aldehydes is 1. The Kier molecular flexibility index (Phi) is 4.18. The van der Waals surface area contributed by atoms with Gasteiger partial charge < -0.3 is 9.90 Å². The maximum Gasteiger partial charge on any atom is 0.330 e. The molecule has 0 aromatic carbocycles. The summed E-state index contributed by atoms with van der Waals surface area (Å²) in [5.41, 5.74) is 0.290. The Morgan fingerprint density at radius 2 is 2.18 bits per heavy atom. The molecule has 0 amide bonds. The maximum atomic E-state index is 10.2. The van der Waals surface area contributed by atoms with Crippen LogP contribution in [0.5, 0.6) is 0 Å². The van der Waals surface area contributed by atoms with Crippen molar-refractivity contribution in [1.82, 2.24) is 0 Å². The summed E-state index contributed by atoms with van der Waals surface area (Å²) in [6.45, 7) is 3.26. The number of carbonyl (C=O) groups excluding carboxylic acids is 1. The molecule has 0 aliphatic heterocycles. The van der Waals surface area contributed by atoms with Crippen molar-refractivity contribution in [3.8, 4) is 0 Å². The van der Waals surface area contributed by atoms with Crippen LogP contribution in [-0.2, 0) is 9.59 Å². The van der Waals surface area contributed by atoms with Gasteiger partial charge in [0.05, 0.1) is 0 Å². The minimum atomic E-state index is -0.928. The van der Waals surface area contributed by atoms with Crippen LogP contribution in [0.25, 0.3) is 0 Å². The summed E-state index contributed by atoms with van der Waals surface area (Å²) in [5, 5.41) is 8.41. The number of aliphatic carboxylic acids is 1. The number of carboxylic acid groups (broad SMARTS) is 1. The largest absolute Gasteiger partial charge is 0.478 e. The molecule has 0 spiro atoms. The molecule has 1 N–H and O–H groups in total. The molecule has 3 heteroatoms. The van der Waals surface area contributed by atoms with Gasteiger partial charge in [-0.25, -0.2) is 4.79 Å². The Bertz CT molecular complexity index is 182. The van der Waals surface area contributed by atoms with E-state index in [-0.39, 0.29) is 5.92 Å². The van der Waals surface area contributed by atoms with Crippen molar-refractivity contribution >= 4 is 12.3 Å². The third-order valence-corrected chi connectivity index (χ3v) is 1.37. The summed E-state index contributed by atoms with van der Waals surface area (Å²) in [4.78, 5) is 20.4. The van der Waals surface area contributed by atoms with Gasteiger partial charge in [0.15, 0.2) is 0 Å².